The molecule has 2 aromatic carbocycles. The van der Waals surface area contributed by atoms with Crippen LogP contribution in [0, 0.1) is 13.8 Å². The van der Waals surface area contributed by atoms with Gasteiger partial charge in [-0.2, -0.15) is 0 Å². The maximum absolute atomic E-state index is 6.03. The molecule has 0 aromatic heterocycles. The van der Waals surface area contributed by atoms with E-state index in [0.29, 0.717) is 15.7 Å². The van der Waals surface area contributed by atoms with Gasteiger partial charge in [0.25, 0.3) is 0 Å². The van der Waals surface area contributed by atoms with E-state index in [-0.39, 0.29) is 0 Å². The van der Waals surface area contributed by atoms with Crippen LogP contribution in [-0.2, 0) is 0 Å². The highest BCUT2D eigenvalue weighted by Crippen LogP contribution is 2.37. The lowest BCUT2D eigenvalue weighted by atomic mass is 10.2. The van der Waals surface area contributed by atoms with Crippen molar-refractivity contribution in [3.05, 3.63) is 51.5 Å². The summed E-state index contributed by atoms with van der Waals surface area (Å²) in [6, 6.07) is 10.0. The average Bonchev–Trinajstić information content (AvgIpc) is 2.29. The SMILES string of the molecule is Cc1ccc(Sc2cc(Cl)c(N)c(Cl)c2)c(C)c1. The Morgan fingerprint density at radius 3 is 2.17 bits per heavy atom. The number of nitrogens with two attached hydrogens (primary N) is 1. The third-order valence-corrected chi connectivity index (χ3v) is 4.39. The van der Waals surface area contributed by atoms with Crippen LogP contribution in [-0.4, -0.2) is 0 Å². The first kappa shape index (κ1) is 13.6. The summed E-state index contributed by atoms with van der Waals surface area (Å²) in [6.07, 6.45) is 0. The second kappa shape index (κ2) is 5.43. The molecule has 2 aromatic rings. The van der Waals surface area contributed by atoms with Gasteiger partial charge in [0.15, 0.2) is 0 Å². The summed E-state index contributed by atoms with van der Waals surface area (Å²) in [7, 11) is 0. The second-order valence-corrected chi connectivity index (χ2v) is 6.10. The molecule has 0 aliphatic rings. The quantitative estimate of drug-likeness (QED) is 0.757. The van der Waals surface area contributed by atoms with Gasteiger partial charge < -0.3 is 5.73 Å². The highest BCUT2D eigenvalue weighted by atomic mass is 35.5. The van der Waals surface area contributed by atoms with Gasteiger partial charge in [-0.25, -0.2) is 0 Å². The van der Waals surface area contributed by atoms with Gasteiger partial charge in [-0.3, -0.25) is 0 Å². The molecule has 0 aliphatic carbocycles. The zero-order valence-electron chi connectivity index (χ0n) is 10.1. The third-order valence-electron chi connectivity index (χ3n) is 2.61. The Hall–Kier alpha value is -0.830. The number of nitrogen functional groups attached to an aromatic ring is 1. The maximum Gasteiger partial charge on any atom is 0.0693 e. The van der Waals surface area contributed by atoms with Crippen molar-refractivity contribution in [2.24, 2.45) is 0 Å². The Bertz CT molecular complexity index is 573. The van der Waals surface area contributed by atoms with Crippen LogP contribution >= 0.6 is 35.0 Å². The van der Waals surface area contributed by atoms with Gasteiger partial charge in [-0.1, -0.05) is 52.7 Å². The molecule has 4 heteroatoms. The first-order valence-electron chi connectivity index (χ1n) is 5.47. The molecule has 0 amide bonds. The third kappa shape index (κ3) is 2.94. The van der Waals surface area contributed by atoms with Gasteiger partial charge in [0.05, 0.1) is 15.7 Å². The second-order valence-electron chi connectivity index (χ2n) is 4.17. The van der Waals surface area contributed by atoms with Crippen molar-refractivity contribution >= 4 is 40.7 Å². The Balaban J connectivity index is 2.34. The van der Waals surface area contributed by atoms with Crippen LogP contribution in [0.2, 0.25) is 10.0 Å². The van der Waals surface area contributed by atoms with Crippen molar-refractivity contribution < 1.29 is 0 Å². The molecule has 0 saturated carbocycles. The fraction of sp³-hybridized carbons (Fsp3) is 0.143. The fourth-order valence-corrected chi connectivity index (χ4v) is 3.24. The fourth-order valence-electron chi connectivity index (χ4n) is 1.66. The van der Waals surface area contributed by atoms with Crippen molar-refractivity contribution in [1.82, 2.24) is 0 Å². The van der Waals surface area contributed by atoms with E-state index in [4.69, 9.17) is 28.9 Å². The molecule has 0 radical (unpaired) electrons. The van der Waals surface area contributed by atoms with Gasteiger partial charge in [0, 0.05) is 9.79 Å². The largest absolute Gasteiger partial charge is 0.396 e. The zero-order chi connectivity index (χ0) is 13.3. The molecule has 2 N–H and O–H groups in total. The van der Waals surface area contributed by atoms with Crippen LogP contribution in [0.3, 0.4) is 0 Å². The van der Waals surface area contributed by atoms with Gasteiger partial charge >= 0.3 is 0 Å². The Morgan fingerprint density at radius 1 is 1.00 bits per heavy atom. The van der Waals surface area contributed by atoms with Gasteiger partial charge in [0.2, 0.25) is 0 Å². The molecule has 0 aliphatic heterocycles. The highest BCUT2D eigenvalue weighted by Gasteiger charge is 2.07. The molecule has 0 saturated heterocycles. The average molecular weight is 298 g/mol. The molecule has 1 nitrogen and oxygen atoms in total. The molecule has 0 unspecified atom stereocenters. The molecule has 0 fully saturated rings. The molecule has 0 spiro atoms. The van der Waals surface area contributed by atoms with Crippen LogP contribution in [0.1, 0.15) is 11.1 Å². The number of halogens is 2. The lowest BCUT2D eigenvalue weighted by molar-refractivity contribution is 1.26. The van der Waals surface area contributed by atoms with E-state index in [1.165, 1.54) is 16.0 Å². The van der Waals surface area contributed by atoms with E-state index in [0.717, 1.165) is 4.90 Å². The van der Waals surface area contributed by atoms with Crippen LogP contribution in [0.15, 0.2) is 40.1 Å². The standard InChI is InChI=1S/C14H13Cl2NS/c1-8-3-4-13(9(2)5-8)18-10-6-11(15)14(17)12(16)7-10/h3-7H,17H2,1-2H3. The summed E-state index contributed by atoms with van der Waals surface area (Å²) < 4.78 is 0. The highest BCUT2D eigenvalue weighted by molar-refractivity contribution is 7.99. The normalized spacial score (nSPS) is 10.7. The summed E-state index contributed by atoms with van der Waals surface area (Å²) in [5.74, 6) is 0. The first-order chi connectivity index (χ1) is 8.47. The summed E-state index contributed by atoms with van der Waals surface area (Å²) >= 11 is 13.7. The lowest BCUT2D eigenvalue weighted by Crippen LogP contribution is -1.88. The van der Waals surface area contributed by atoms with Crippen molar-refractivity contribution in [3.8, 4) is 0 Å². The minimum absolute atomic E-state index is 0.434. The van der Waals surface area contributed by atoms with Gasteiger partial charge in [0.1, 0.15) is 0 Å². The van der Waals surface area contributed by atoms with Crippen LogP contribution < -0.4 is 5.73 Å². The number of anilines is 1. The van der Waals surface area contributed by atoms with E-state index in [1.54, 1.807) is 11.8 Å². The minimum atomic E-state index is 0.434. The summed E-state index contributed by atoms with van der Waals surface area (Å²) in [5.41, 5.74) is 8.65. The van der Waals surface area contributed by atoms with Gasteiger partial charge in [-0.05, 0) is 37.6 Å². The smallest absolute Gasteiger partial charge is 0.0693 e. The topological polar surface area (TPSA) is 26.0 Å². The summed E-state index contributed by atoms with van der Waals surface area (Å²) in [5, 5.41) is 0.990. The predicted octanol–water partition coefficient (Wildman–Crippen LogP) is 5.34. The molecule has 94 valence electrons. The van der Waals surface area contributed by atoms with Gasteiger partial charge in [-0.15, -0.1) is 0 Å². The molecule has 0 heterocycles. The number of benzene rings is 2. The monoisotopic (exact) mass is 297 g/mol. The van der Waals surface area contributed by atoms with E-state index >= 15 is 0 Å². The molecular weight excluding hydrogens is 285 g/mol. The zero-order valence-corrected chi connectivity index (χ0v) is 12.5. The number of hydrogen-bond donors (Lipinski definition) is 1. The number of aryl methyl sites for hydroxylation is 2. The molecule has 18 heavy (non-hydrogen) atoms. The van der Waals surface area contributed by atoms with E-state index in [2.05, 4.69) is 32.0 Å². The minimum Gasteiger partial charge on any atom is -0.396 e. The number of rotatable bonds is 2. The maximum atomic E-state index is 6.03. The van der Waals surface area contributed by atoms with Crippen molar-refractivity contribution in [2.75, 3.05) is 5.73 Å². The van der Waals surface area contributed by atoms with Crippen molar-refractivity contribution in [2.45, 2.75) is 23.6 Å². The number of hydrogen-bond acceptors (Lipinski definition) is 2. The van der Waals surface area contributed by atoms with E-state index in [9.17, 15) is 0 Å². The molecule has 2 rings (SSSR count). The van der Waals surface area contributed by atoms with E-state index in [1.807, 2.05) is 12.1 Å². The Labute approximate surface area is 121 Å². The van der Waals surface area contributed by atoms with Crippen LogP contribution in [0.5, 0.6) is 0 Å². The Kier molecular flexibility index (Phi) is 4.10. The summed E-state index contributed by atoms with van der Waals surface area (Å²) in [4.78, 5) is 2.18. The van der Waals surface area contributed by atoms with Crippen molar-refractivity contribution in [1.29, 1.82) is 0 Å². The molecule has 0 atom stereocenters. The molecule has 0 bridgehead atoms. The molecular formula is C14H13Cl2NS. The van der Waals surface area contributed by atoms with Crippen LogP contribution in [0.4, 0.5) is 5.69 Å². The lowest BCUT2D eigenvalue weighted by Gasteiger charge is -2.09. The van der Waals surface area contributed by atoms with Crippen molar-refractivity contribution in [3.63, 3.8) is 0 Å². The first-order valence-corrected chi connectivity index (χ1v) is 7.04. The van der Waals surface area contributed by atoms with E-state index < -0.39 is 0 Å². The summed E-state index contributed by atoms with van der Waals surface area (Å²) in [6.45, 7) is 4.17. The van der Waals surface area contributed by atoms with Crippen LogP contribution in [0.25, 0.3) is 0 Å². The Morgan fingerprint density at radius 2 is 1.61 bits per heavy atom. The predicted molar refractivity (Wildman–Crippen MR) is 80.9 cm³/mol.